The van der Waals surface area contributed by atoms with Crippen LogP contribution >= 0.6 is 36.3 Å². The average Bonchev–Trinajstić information content (AvgIpc) is 2.88. The van der Waals surface area contributed by atoms with Crippen LogP contribution in [0.15, 0.2) is 0 Å². The Labute approximate surface area is 135 Å². The highest BCUT2D eigenvalue weighted by Gasteiger charge is 2.22. The molecule has 0 saturated carbocycles. The number of carbonyl (C=O) groups is 1. The normalized spacial score (nSPS) is 14.5. The van der Waals surface area contributed by atoms with Gasteiger partial charge in [-0.2, -0.15) is 4.37 Å². The molecule has 0 radical (unpaired) electrons. The van der Waals surface area contributed by atoms with E-state index in [1.54, 1.807) is 0 Å². The maximum atomic E-state index is 11.7. The molecule has 0 spiro atoms. The molecule has 0 unspecified atom stereocenters. The first-order valence-electron chi connectivity index (χ1n) is 6.30. The summed E-state index contributed by atoms with van der Waals surface area (Å²) in [5.41, 5.74) is 5.40. The van der Waals surface area contributed by atoms with Crippen LogP contribution in [0.5, 0.6) is 0 Å². The predicted octanol–water partition coefficient (Wildman–Crippen LogP) is 0.941. The summed E-state index contributed by atoms with van der Waals surface area (Å²) in [5.74, 6) is 1.06. The van der Waals surface area contributed by atoms with Gasteiger partial charge in [0.2, 0.25) is 11.0 Å². The zero-order valence-corrected chi connectivity index (χ0v) is 13.9. The number of hydrogen-bond donors (Lipinski definition) is 1. The van der Waals surface area contributed by atoms with E-state index < -0.39 is 0 Å². The van der Waals surface area contributed by atoms with E-state index in [1.807, 2.05) is 4.90 Å². The number of rotatable bonds is 4. The van der Waals surface area contributed by atoms with Crippen LogP contribution in [-0.4, -0.2) is 52.9 Å². The molecule has 6 nitrogen and oxygen atoms in total. The summed E-state index contributed by atoms with van der Waals surface area (Å²) in [7, 11) is 0. The molecule has 1 aromatic rings. The molecule has 1 aliphatic heterocycles. The molecule has 0 bridgehead atoms. The van der Waals surface area contributed by atoms with Gasteiger partial charge in [-0.25, -0.2) is 4.98 Å². The van der Waals surface area contributed by atoms with Crippen LogP contribution in [0.2, 0.25) is 0 Å². The highest BCUT2D eigenvalue weighted by atomic mass is 35.5. The van der Waals surface area contributed by atoms with Gasteiger partial charge in [-0.05, 0) is 0 Å². The number of aryl methyl sites for hydroxylation is 1. The highest BCUT2D eigenvalue weighted by Crippen LogP contribution is 2.19. The van der Waals surface area contributed by atoms with E-state index in [0.717, 1.165) is 43.6 Å². The van der Waals surface area contributed by atoms with Crippen LogP contribution in [0, 0.1) is 0 Å². The van der Waals surface area contributed by atoms with Crippen molar-refractivity contribution in [2.24, 2.45) is 5.73 Å². The minimum Gasteiger partial charge on any atom is -0.343 e. The molecule has 20 heavy (non-hydrogen) atoms. The molecule has 9 heteroatoms. The van der Waals surface area contributed by atoms with Crippen molar-refractivity contribution in [2.45, 2.75) is 19.8 Å². The Hall–Kier alpha value is -0.630. The number of nitrogens with zero attached hydrogens (tertiary/aromatic N) is 4. The van der Waals surface area contributed by atoms with Gasteiger partial charge >= 0.3 is 0 Å². The number of hydrogen-bond acceptors (Lipinski definition) is 6. The van der Waals surface area contributed by atoms with Crippen molar-refractivity contribution in [1.29, 1.82) is 0 Å². The van der Waals surface area contributed by atoms with Gasteiger partial charge in [0.25, 0.3) is 0 Å². The van der Waals surface area contributed by atoms with Crippen molar-refractivity contribution in [1.82, 2.24) is 14.3 Å². The van der Waals surface area contributed by atoms with Crippen LogP contribution in [-0.2, 0) is 11.2 Å². The van der Waals surface area contributed by atoms with E-state index in [9.17, 15) is 4.79 Å². The molecule has 2 N–H and O–H groups in total. The third-order valence-corrected chi connectivity index (χ3v) is 3.85. The van der Waals surface area contributed by atoms with E-state index in [1.165, 1.54) is 11.5 Å². The number of aromatic nitrogens is 2. The topological polar surface area (TPSA) is 75.4 Å². The zero-order valence-electron chi connectivity index (χ0n) is 11.4. The standard InChI is InChI=1S/C11H19N5OS.2ClH/c1-2-9-13-11(18-14-9)16-7-5-15(6-8-16)10(17)3-4-12;;/h2-8,12H2,1H3;2*1H. The summed E-state index contributed by atoms with van der Waals surface area (Å²) in [6.07, 6.45) is 1.31. The number of carbonyl (C=O) groups excluding carboxylic acids is 1. The van der Waals surface area contributed by atoms with Crippen LogP contribution in [0.3, 0.4) is 0 Å². The number of piperazine rings is 1. The van der Waals surface area contributed by atoms with Crippen LogP contribution < -0.4 is 10.6 Å². The summed E-state index contributed by atoms with van der Waals surface area (Å²) in [6, 6.07) is 0. The van der Waals surface area contributed by atoms with Gasteiger partial charge in [0.15, 0.2) is 0 Å². The first-order valence-corrected chi connectivity index (χ1v) is 7.07. The molecule has 0 aliphatic carbocycles. The van der Waals surface area contributed by atoms with Crippen molar-refractivity contribution in [3.8, 4) is 0 Å². The van der Waals surface area contributed by atoms with Gasteiger partial charge in [0, 0.05) is 57.1 Å². The average molecular weight is 342 g/mol. The fourth-order valence-corrected chi connectivity index (χ4v) is 2.75. The minimum atomic E-state index is 0. The van der Waals surface area contributed by atoms with Crippen molar-refractivity contribution in [3.63, 3.8) is 0 Å². The predicted molar refractivity (Wildman–Crippen MR) is 86.2 cm³/mol. The molecule has 1 amide bonds. The fourth-order valence-electron chi connectivity index (χ4n) is 1.95. The number of anilines is 1. The van der Waals surface area contributed by atoms with E-state index >= 15 is 0 Å². The third kappa shape index (κ3) is 4.73. The van der Waals surface area contributed by atoms with Gasteiger partial charge in [-0.1, -0.05) is 6.92 Å². The Balaban J connectivity index is 0.00000180. The van der Waals surface area contributed by atoms with Crippen molar-refractivity contribution < 1.29 is 4.79 Å². The largest absolute Gasteiger partial charge is 0.343 e. The summed E-state index contributed by atoms with van der Waals surface area (Å²) in [6.45, 7) is 5.63. The van der Waals surface area contributed by atoms with E-state index in [4.69, 9.17) is 5.73 Å². The Bertz CT molecular complexity index is 409. The molecule has 116 valence electrons. The molecular weight excluding hydrogens is 321 g/mol. The maximum Gasteiger partial charge on any atom is 0.223 e. The molecule has 1 aliphatic rings. The van der Waals surface area contributed by atoms with E-state index in [2.05, 4.69) is 21.2 Å². The lowest BCUT2D eigenvalue weighted by molar-refractivity contribution is -0.131. The summed E-state index contributed by atoms with van der Waals surface area (Å²) < 4.78 is 4.29. The summed E-state index contributed by atoms with van der Waals surface area (Å²) >= 11 is 1.44. The zero-order chi connectivity index (χ0) is 13.0. The SMILES string of the molecule is CCc1nsc(N2CCN(C(=O)CCN)CC2)n1.Cl.Cl. The second kappa shape index (κ2) is 9.33. The summed E-state index contributed by atoms with van der Waals surface area (Å²) in [5, 5.41) is 0.970. The number of halogens is 2. The Morgan fingerprint density at radius 3 is 2.45 bits per heavy atom. The lowest BCUT2D eigenvalue weighted by atomic mass is 10.3. The first-order chi connectivity index (χ1) is 8.74. The fraction of sp³-hybridized carbons (Fsp3) is 0.727. The molecular formula is C11H21Cl2N5OS. The maximum absolute atomic E-state index is 11.7. The Kier molecular flexibility index (Phi) is 9.04. The Morgan fingerprint density at radius 1 is 1.30 bits per heavy atom. The van der Waals surface area contributed by atoms with Crippen LogP contribution in [0.25, 0.3) is 0 Å². The second-order valence-electron chi connectivity index (χ2n) is 4.25. The quantitative estimate of drug-likeness (QED) is 0.881. The monoisotopic (exact) mass is 341 g/mol. The van der Waals surface area contributed by atoms with Crippen molar-refractivity contribution in [3.05, 3.63) is 5.82 Å². The second-order valence-corrected chi connectivity index (χ2v) is 4.98. The van der Waals surface area contributed by atoms with Crippen LogP contribution in [0.1, 0.15) is 19.2 Å². The molecule has 1 fully saturated rings. The molecule has 1 aromatic heterocycles. The molecule has 0 aromatic carbocycles. The van der Waals surface area contributed by atoms with Gasteiger partial charge in [0.1, 0.15) is 5.82 Å². The molecule has 2 rings (SSSR count). The number of nitrogens with two attached hydrogens (primary N) is 1. The third-order valence-electron chi connectivity index (χ3n) is 3.03. The van der Waals surface area contributed by atoms with Gasteiger partial charge in [-0.3, -0.25) is 4.79 Å². The molecule has 0 atom stereocenters. The smallest absolute Gasteiger partial charge is 0.223 e. The van der Waals surface area contributed by atoms with Crippen molar-refractivity contribution >= 4 is 47.4 Å². The van der Waals surface area contributed by atoms with E-state index in [0.29, 0.717) is 13.0 Å². The van der Waals surface area contributed by atoms with Gasteiger partial charge < -0.3 is 15.5 Å². The van der Waals surface area contributed by atoms with Gasteiger partial charge in [0.05, 0.1) is 0 Å². The number of amides is 1. The molecule has 2 heterocycles. The van der Waals surface area contributed by atoms with Gasteiger partial charge in [-0.15, -0.1) is 24.8 Å². The van der Waals surface area contributed by atoms with Crippen LogP contribution in [0.4, 0.5) is 5.13 Å². The minimum absolute atomic E-state index is 0. The lowest BCUT2D eigenvalue weighted by Gasteiger charge is -2.34. The lowest BCUT2D eigenvalue weighted by Crippen LogP contribution is -2.49. The van der Waals surface area contributed by atoms with Crippen molar-refractivity contribution in [2.75, 3.05) is 37.6 Å². The first kappa shape index (κ1) is 19.4. The summed E-state index contributed by atoms with van der Waals surface area (Å²) in [4.78, 5) is 20.2. The highest BCUT2D eigenvalue weighted by molar-refractivity contribution is 7.09. The Morgan fingerprint density at radius 2 is 1.95 bits per heavy atom. The van der Waals surface area contributed by atoms with E-state index in [-0.39, 0.29) is 30.7 Å². The molecule has 1 saturated heterocycles.